The van der Waals surface area contributed by atoms with E-state index in [4.69, 9.17) is 18.9 Å². The maximum Gasteiger partial charge on any atom is 0.381 e. The number of fused-ring (bicyclic) bond motifs is 2. The fourth-order valence-electron chi connectivity index (χ4n) is 5.15. The molecule has 2 aliphatic carbocycles. The summed E-state index contributed by atoms with van der Waals surface area (Å²) >= 11 is 0. The van der Waals surface area contributed by atoms with Crippen LogP contribution in [0.4, 0.5) is 11.4 Å². The molecule has 0 amide bonds. The minimum atomic E-state index is -1.34. The number of para-hydroxylation sites is 2. The van der Waals surface area contributed by atoms with E-state index in [0.717, 1.165) is 24.2 Å². The minimum Gasteiger partial charge on any atom is -0.341 e. The van der Waals surface area contributed by atoms with Crippen LogP contribution < -0.4 is 10.2 Å². The first-order valence-corrected chi connectivity index (χ1v) is 10.6. The van der Waals surface area contributed by atoms with Crippen LogP contribution in [0.5, 0.6) is 0 Å². The molecule has 0 spiro atoms. The molecule has 0 aromatic heterocycles. The first-order chi connectivity index (χ1) is 13.8. The van der Waals surface area contributed by atoms with Gasteiger partial charge in [-0.3, -0.25) is 4.79 Å². The normalized spacial score (nSPS) is 33.1. The zero-order valence-electron chi connectivity index (χ0n) is 17.3. The van der Waals surface area contributed by atoms with Crippen molar-refractivity contribution < 1.29 is 23.7 Å². The fraction of sp³-hybridized carbons (Fsp3) is 0.682. The number of ketones is 1. The lowest BCUT2D eigenvalue weighted by Crippen LogP contribution is -2.60. The van der Waals surface area contributed by atoms with Crippen molar-refractivity contribution in [2.24, 2.45) is 11.8 Å². The second-order valence-electron chi connectivity index (χ2n) is 9.52. The Bertz CT molecular complexity index is 770. The SMILES string of the molecule is CC(C)(C)OC1(N2c3ccccc3NC2OC2CC3CC(=O)C[C@H]3C2)OCCO1. The fourth-order valence-corrected chi connectivity index (χ4v) is 5.15. The van der Waals surface area contributed by atoms with Crippen LogP contribution in [0.2, 0.25) is 0 Å². The minimum absolute atomic E-state index is 0.0977. The monoisotopic (exact) mass is 402 g/mol. The summed E-state index contributed by atoms with van der Waals surface area (Å²) in [6.07, 6.45) is 1.55. The van der Waals surface area contributed by atoms with Crippen molar-refractivity contribution in [3.05, 3.63) is 24.3 Å². The number of rotatable bonds is 4. The van der Waals surface area contributed by atoms with Gasteiger partial charge in [0.2, 0.25) is 6.35 Å². The average molecular weight is 402 g/mol. The third-order valence-electron chi connectivity index (χ3n) is 6.16. The van der Waals surface area contributed by atoms with Crippen molar-refractivity contribution >= 4 is 17.2 Å². The molecule has 0 bridgehead atoms. The van der Waals surface area contributed by atoms with Gasteiger partial charge in [-0.1, -0.05) is 12.1 Å². The first kappa shape index (κ1) is 19.3. The third kappa shape index (κ3) is 3.54. The van der Waals surface area contributed by atoms with Gasteiger partial charge >= 0.3 is 6.10 Å². The van der Waals surface area contributed by atoms with Crippen LogP contribution in [0.3, 0.4) is 0 Å². The van der Waals surface area contributed by atoms with Gasteiger partial charge in [0.1, 0.15) is 5.78 Å². The lowest BCUT2D eigenvalue weighted by Gasteiger charge is -2.43. The topological polar surface area (TPSA) is 69.3 Å². The van der Waals surface area contributed by atoms with Crippen LogP contribution in [-0.4, -0.2) is 43.2 Å². The van der Waals surface area contributed by atoms with Crippen molar-refractivity contribution in [3.8, 4) is 0 Å². The molecule has 2 saturated carbocycles. The summed E-state index contributed by atoms with van der Waals surface area (Å²) in [7, 11) is 0. The number of Topliss-reactive ketones (excluding diaryl/α,β-unsaturated/α-hetero) is 1. The molecule has 3 fully saturated rings. The molecule has 2 heterocycles. The zero-order chi connectivity index (χ0) is 20.2. The van der Waals surface area contributed by atoms with Crippen LogP contribution in [-0.2, 0) is 23.7 Å². The molecule has 1 aromatic carbocycles. The smallest absolute Gasteiger partial charge is 0.341 e. The molecule has 4 atom stereocenters. The Morgan fingerprint density at radius 3 is 2.41 bits per heavy atom. The van der Waals surface area contributed by atoms with Gasteiger partial charge in [-0.05, 0) is 57.6 Å². The van der Waals surface area contributed by atoms with E-state index in [-0.39, 0.29) is 6.10 Å². The van der Waals surface area contributed by atoms with Gasteiger partial charge in [-0.25, -0.2) is 4.90 Å². The maximum absolute atomic E-state index is 11.7. The largest absolute Gasteiger partial charge is 0.381 e. The first-order valence-electron chi connectivity index (χ1n) is 10.6. The summed E-state index contributed by atoms with van der Waals surface area (Å²) in [6.45, 7) is 6.87. The van der Waals surface area contributed by atoms with E-state index in [1.165, 1.54) is 0 Å². The van der Waals surface area contributed by atoms with E-state index in [0.29, 0.717) is 43.7 Å². The molecular formula is C22H30N2O5. The van der Waals surface area contributed by atoms with Gasteiger partial charge in [-0.15, -0.1) is 0 Å². The second-order valence-corrected chi connectivity index (χ2v) is 9.52. The summed E-state index contributed by atoms with van der Waals surface area (Å²) in [5.41, 5.74) is 1.41. The Balaban J connectivity index is 1.41. The van der Waals surface area contributed by atoms with Crippen molar-refractivity contribution in [3.63, 3.8) is 0 Å². The van der Waals surface area contributed by atoms with Crippen LogP contribution >= 0.6 is 0 Å². The van der Waals surface area contributed by atoms with Crippen LogP contribution in [0.15, 0.2) is 24.3 Å². The molecule has 5 rings (SSSR count). The molecule has 158 valence electrons. The Morgan fingerprint density at radius 1 is 1.10 bits per heavy atom. The van der Waals surface area contributed by atoms with Crippen LogP contribution in [0, 0.1) is 11.8 Å². The van der Waals surface area contributed by atoms with E-state index in [1.807, 2.05) is 49.9 Å². The molecule has 4 aliphatic rings. The molecule has 7 heteroatoms. The highest BCUT2D eigenvalue weighted by molar-refractivity contribution is 5.81. The highest BCUT2D eigenvalue weighted by Gasteiger charge is 2.55. The molecule has 2 aliphatic heterocycles. The van der Waals surface area contributed by atoms with E-state index in [2.05, 4.69) is 5.32 Å². The number of hydrogen-bond acceptors (Lipinski definition) is 7. The predicted octanol–water partition coefficient (Wildman–Crippen LogP) is 3.45. The molecule has 1 N–H and O–H groups in total. The van der Waals surface area contributed by atoms with Crippen molar-refractivity contribution in [2.45, 2.75) is 70.6 Å². The zero-order valence-corrected chi connectivity index (χ0v) is 17.3. The van der Waals surface area contributed by atoms with Crippen molar-refractivity contribution in [2.75, 3.05) is 23.4 Å². The summed E-state index contributed by atoms with van der Waals surface area (Å²) in [5.74, 6) is 1.32. The van der Waals surface area contributed by atoms with Gasteiger partial charge in [-0.2, -0.15) is 0 Å². The number of anilines is 2. The standard InChI is InChI=1S/C22H30N2O5/c1-21(2,3)29-22(26-8-9-27-22)24-19-7-5-4-6-18(19)23-20(24)28-17-12-14-10-16(25)11-15(14)13-17/h4-7,14-15,17,20,23H,8-13H2,1-3H3/t14-,15?,17?,20?/m0/s1. The molecule has 1 saturated heterocycles. The number of hydrogen-bond donors (Lipinski definition) is 1. The second kappa shape index (κ2) is 6.94. The Hall–Kier alpha value is -1.67. The summed E-state index contributed by atoms with van der Waals surface area (Å²) < 4.78 is 25.0. The molecule has 1 aromatic rings. The van der Waals surface area contributed by atoms with Crippen LogP contribution in [0.1, 0.15) is 46.5 Å². The third-order valence-corrected chi connectivity index (χ3v) is 6.16. The van der Waals surface area contributed by atoms with Gasteiger partial charge in [0.05, 0.1) is 36.3 Å². The van der Waals surface area contributed by atoms with Gasteiger partial charge in [0.15, 0.2) is 0 Å². The molecule has 3 unspecified atom stereocenters. The van der Waals surface area contributed by atoms with Crippen molar-refractivity contribution in [1.82, 2.24) is 0 Å². The number of nitrogens with one attached hydrogen (secondary N) is 1. The van der Waals surface area contributed by atoms with Crippen molar-refractivity contribution in [1.29, 1.82) is 0 Å². The quantitative estimate of drug-likeness (QED) is 0.827. The molecular weight excluding hydrogens is 372 g/mol. The molecule has 0 radical (unpaired) electrons. The van der Waals surface area contributed by atoms with E-state index >= 15 is 0 Å². The van der Waals surface area contributed by atoms with Crippen LogP contribution in [0.25, 0.3) is 0 Å². The Morgan fingerprint density at radius 2 is 1.76 bits per heavy atom. The van der Waals surface area contributed by atoms with Gasteiger partial charge < -0.3 is 24.3 Å². The van der Waals surface area contributed by atoms with Gasteiger partial charge in [0.25, 0.3) is 0 Å². The molecule has 7 nitrogen and oxygen atoms in total. The summed E-state index contributed by atoms with van der Waals surface area (Å²) in [4.78, 5) is 13.7. The number of carbonyl (C=O) groups excluding carboxylic acids is 1. The van der Waals surface area contributed by atoms with E-state index in [1.54, 1.807) is 0 Å². The molecule has 29 heavy (non-hydrogen) atoms. The summed E-state index contributed by atoms with van der Waals surface area (Å²) in [6, 6.07) is 8.02. The Labute approximate surface area is 171 Å². The van der Waals surface area contributed by atoms with E-state index < -0.39 is 18.0 Å². The van der Waals surface area contributed by atoms with Gasteiger partial charge in [0, 0.05) is 12.8 Å². The lowest BCUT2D eigenvalue weighted by molar-refractivity contribution is -0.367. The number of benzene rings is 1. The maximum atomic E-state index is 11.7. The predicted molar refractivity (Wildman–Crippen MR) is 107 cm³/mol. The average Bonchev–Trinajstić information content (AvgIpc) is 3.36. The lowest BCUT2D eigenvalue weighted by atomic mass is 10.0. The number of ether oxygens (including phenoxy) is 4. The highest BCUT2D eigenvalue weighted by atomic mass is 16.9. The summed E-state index contributed by atoms with van der Waals surface area (Å²) in [5, 5.41) is 3.47. The number of nitrogens with zero attached hydrogens (tertiary/aromatic N) is 1. The Kier molecular flexibility index (Phi) is 4.62. The highest BCUT2D eigenvalue weighted by Crippen LogP contribution is 2.47. The number of carbonyl (C=O) groups is 1. The van der Waals surface area contributed by atoms with E-state index in [9.17, 15) is 4.79 Å².